The summed E-state index contributed by atoms with van der Waals surface area (Å²) in [6.45, 7) is 15.7. The first-order chi connectivity index (χ1) is 7.60. The van der Waals surface area contributed by atoms with E-state index in [1.54, 1.807) is 0 Å². The van der Waals surface area contributed by atoms with E-state index >= 15 is 0 Å². The van der Waals surface area contributed by atoms with Gasteiger partial charge in [-0.1, -0.05) is 27.7 Å². The van der Waals surface area contributed by atoms with Crippen molar-refractivity contribution in [1.82, 2.24) is 5.32 Å². The molecule has 0 aromatic rings. The van der Waals surface area contributed by atoms with Crippen LogP contribution in [0.15, 0.2) is 0 Å². The summed E-state index contributed by atoms with van der Waals surface area (Å²) in [5.74, 6) is 0.484. The molecule has 1 N–H and O–H groups in total. The van der Waals surface area contributed by atoms with Gasteiger partial charge in [0.05, 0.1) is 6.61 Å². The second-order valence-electron chi connectivity index (χ2n) is 6.46. The molecule has 0 atom stereocenters. The molecule has 0 aliphatic rings. The van der Waals surface area contributed by atoms with Crippen LogP contribution in [-0.4, -0.2) is 24.7 Å². The number of esters is 1. The Kier molecular flexibility index (Phi) is 6.17. The van der Waals surface area contributed by atoms with Crippen LogP contribution in [0.3, 0.4) is 0 Å². The van der Waals surface area contributed by atoms with Gasteiger partial charge in [0.1, 0.15) is 5.54 Å². The fourth-order valence-electron chi connectivity index (χ4n) is 2.02. The van der Waals surface area contributed by atoms with E-state index in [9.17, 15) is 4.79 Å². The van der Waals surface area contributed by atoms with E-state index in [-0.39, 0.29) is 11.4 Å². The number of nitrogens with one attached hydrogen (secondary N) is 1. The quantitative estimate of drug-likeness (QED) is 0.699. The lowest BCUT2D eigenvalue weighted by molar-refractivity contribution is -0.149. The zero-order chi connectivity index (χ0) is 13.7. The smallest absolute Gasteiger partial charge is 0.325 e. The van der Waals surface area contributed by atoms with Crippen LogP contribution in [-0.2, 0) is 9.53 Å². The average molecular weight is 243 g/mol. The summed E-state index contributed by atoms with van der Waals surface area (Å²) >= 11 is 0. The van der Waals surface area contributed by atoms with Crippen molar-refractivity contribution >= 4 is 5.97 Å². The lowest BCUT2D eigenvalue weighted by Crippen LogP contribution is -2.51. The fraction of sp³-hybridized carbons (Fsp3) is 0.929. The van der Waals surface area contributed by atoms with Crippen LogP contribution in [0.2, 0.25) is 0 Å². The summed E-state index contributed by atoms with van der Waals surface area (Å²) in [6.07, 6.45) is 1.14. The van der Waals surface area contributed by atoms with Gasteiger partial charge in [0.25, 0.3) is 0 Å². The van der Waals surface area contributed by atoms with Gasteiger partial charge in [0, 0.05) is 6.54 Å². The highest BCUT2D eigenvalue weighted by Gasteiger charge is 2.31. The lowest BCUT2D eigenvalue weighted by atomic mass is 9.83. The second kappa shape index (κ2) is 6.39. The largest absolute Gasteiger partial charge is 0.465 e. The van der Waals surface area contributed by atoms with Gasteiger partial charge in [-0.2, -0.15) is 0 Å². The summed E-state index contributed by atoms with van der Waals surface area (Å²) < 4.78 is 5.05. The van der Waals surface area contributed by atoms with Crippen LogP contribution >= 0.6 is 0 Å². The zero-order valence-electron chi connectivity index (χ0n) is 12.5. The topological polar surface area (TPSA) is 38.3 Å². The van der Waals surface area contributed by atoms with Crippen LogP contribution in [0.1, 0.15) is 54.9 Å². The molecule has 102 valence electrons. The first-order valence-electron chi connectivity index (χ1n) is 6.53. The van der Waals surface area contributed by atoms with E-state index < -0.39 is 5.54 Å². The Labute approximate surface area is 106 Å². The Morgan fingerprint density at radius 1 is 1.24 bits per heavy atom. The second-order valence-corrected chi connectivity index (χ2v) is 6.46. The maximum atomic E-state index is 11.7. The molecule has 0 heterocycles. The minimum atomic E-state index is -0.607. The molecule has 0 aromatic carbocycles. The van der Waals surface area contributed by atoms with Crippen molar-refractivity contribution in [2.45, 2.75) is 60.4 Å². The van der Waals surface area contributed by atoms with Crippen LogP contribution in [0.25, 0.3) is 0 Å². The highest BCUT2D eigenvalue weighted by atomic mass is 16.5. The van der Waals surface area contributed by atoms with Crippen molar-refractivity contribution < 1.29 is 9.53 Å². The Morgan fingerprint density at radius 3 is 2.18 bits per heavy atom. The van der Waals surface area contributed by atoms with Gasteiger partial charge in [-0.25, -0.2) is 0 Å². The van der Waals surface area contributed by atoms with Gasteiger partial charge in [0.2, 0.25) is 0 Å². The molecule has 0 aliphatic heterocycles. The lowest BCUT2D eigenvalue weighted by Gasteiger charge is -2.32. The maximum absolute atomic E-state index is 11.7. The van der Waals surface area contributed by atoms with Gasteiger partial charge < -0.3 is 10.1 Å². The van der Waals surface area contributed by atoms with Gasteiger partial charge in [-0.05, 0) is 38.5 Å². The Hall–Kier alpha value is -0.570. The number of carbonyl (C=O) groups is 1. The number of hydrogen-bond donors (Lipinski definition) is 1. The molecule has 0 rings (SSSR count). The number of rotatable bonds is 7. The summed E-state index contributed by atoms with van der Waals surface area (Å²) in [6, 6.07) is 0. The zero-order valence-corrected chi connectivity index (χ0v) is 12.5. The van der Waals surface area contributed by atoms with Crippen LogP contribution < -0.4 is 5.32 Å². The average Bonchev–Trinajstić information content (AvgIpc) is 2.13. The van der Waals surface area contributed by atoms with Crippen LogP contribution in [0.4, 0.5) is 0 Å². The molecule has 0 radical (unpaired) electrons. The molecule has 17 heavy (non-hydrogen) atoms. The summed E-state index contributed by atoms with van der Waals surface area (Å²) in [5.41, 5.74) is -0.414. The molecule has 0 aromatic heterocycles. The number of hydrogen-bond acceptors (Lipinski definition) is 3. The monoisotopic (exact) mass is 243 g/mol. The minimum Gasteiger partial charge on any atom is -0.465 e. The third-order valence-electron chi connectivity index (χ3n) is 2.76. The summed E-state index contributed by atoms with van der Waals surface area (Å²) in [5, 5.41) is 3.31. The van der Waals surface area contributed by atoms with Crippen LogP contribution in [0.5, 0.6) is 0 Å². The molecule has 3 nitrogen and oxygen atoms in total. The van der Waals surface area contributed by atoms with Crippen molar-refractivity contribution in [3.8, 4) is 0 Å². The fourth-order valence-corrected chi connectivity index (χ4v) is 2.02. The van der Waals surface area contributed by atoms with E-state index in [1.807, 2.05) is 20.8 Å². The van der Waals surface area contributed by atoms with Crippen molar-refractivity contribution in [3.05, 3.63) is 0 Å². The molecule has 0 saturated heterocycles. The summed E-state index contributed by atoms with van der Waals surface area (Å²) in [7, 11) is 0. The Balaban J connectivity index is 4.29. The van der Waals surface area contributed by atoms with Crippen molar-refractivity contribution in [3.63, 3.8) is 0 Å². The van der Waals surface area contributed by atoms with E-state index in [1.165, 1.54) is 0 Å². The Morgan fingerprint density at radius 2 is 1.76 bits per heavy atom. The van der Waals surface area contributed by atoms with E-state index in [4.69, 9.17) is 4.74 Å². The summed E-state index contributed by atoms with van der Waals surface area (Å²) in [4.78, 5) is 11.7. The van der Waals surface area contributed by atoms with Crippen molar-refractivity contribution in [2.75, 3.05) is 13.2 Å². The van der Waals surface area contributed by atoms with Crippen molar-refractivity contribution in [2.24, 2.45) is 11.3 Å². The highest BCUT2D eigenvalue weighted by Crippen LogP contribution is 2.25. The van der Waals surface area contributed by atoms with Gasteiger partial charge in [-0.15, -0.1) is 0 Å². The molecule has 0 spiro atoms. The van der Waals surface area contributed by atoms with E-state index in [2.05, 4.69) is 33.0 Å². The predicted molar refractivity (Wildman–Crippen MR) is 72.0 cm³/mol. The molecule has 3 heteroatoms. The third kappa shape index (κ3) is 6.67. The maximum Gasteiger partial charge on any atom is 0.325 e. The molecule has 0 saturated carbocycles. The standard InChI is InChI=1S/C14H29NO2/c1-8-17-12(16)14(6,7)15-10-13(4,5)9-11(2)3/h11,15H,8-10H2,1-7H3. The van der Waals surface area contributed by atoms with Gasteiger partial charge in [0.15, 0.2) is 0 Å². The number of ether oxygens (including phenoxy) is 1. The predicted octanol–water partition coefficient (Wildman–Crippen LogP) is 2.99. The molecule has 0 fully saturated rings. The number of carbonyl (C=O) groups excluding carboxylic acids is 1. The normalized spacial score (nSPS) is 12.9. The van der Waals surface area contributed by atoms with Crippen LogP contribution in [0, 0.1) is 11.3 Å². The first-order valence-corrected chi connectivity index (χ1v) is 6.53. The SMILES string of the molecule is CCOC(=O)C(C)(C)NCC(C)(C)CC(C)C. The minimum absolute atomic E-state index is 0.180. The van der Waals surface area contributed by atoms with Gasteiger partial charge >= 0.3 is 5.97 Å². The molecule has 0 amide bonds. The molecular formula is C14H29NO2. The Bertz CT molecular complexity index is 245. The first kappa shape index (κ1) is 16.4. The molecule has 0 unspecified atom stereocenters. The van der Waals surface area contributed by atoms with Gasteiger partial charge in [-0.3, -0.25) is 4.79 Å². The highest BCUT2D eigenvalue weighted by molar-refractivity contribution is 5.79. The molecule has 0 bridgehead atoms. The van der Waals surface area contributed by atoms with Crippen molar-refractivity contribution in [1.29, 1.82) is 0 Å². The van der Waals surface area contributed by atoms with E-state index in [0.29, 0.717) is 12.5 Å². The molecule has 0 aliphatic carbocycles. The molecular weight excluding hydrogens is 214 g/mol. The third-order valence-corrected chi connectivity index (χ3v) is 2.76. The van der Waals surface area contributed by atoms with E-state index in [0.717, 1.165) is 13.0 Å².